The summed E-state index contributed by atoms with van der Waals surface area (Å²) in [6.45, 7) is 4.26. The molecule has 0 spiro atoms. The largest absolute Gasteiger partial charge is 0.478 e. The van der Waals surface area contributed by atoms with Gasteiger partial charge < -0.3 is 20.3 Å². The lowest BCUT2D eigenvalue weighted by molar-refractivity contribution is -0.127. The van der Waals surface area contributed by atoms with Crippen LogP contribution in [0.3, 0.4) is 0 Å². The van der Waals surface area contributed by atoms with Gasteiger partial charge in [-0.25, -0.2) is 14.4 Å². The lowest BCUT2D eigenvalue weighted by Gasteiger charge is -2.16. The molecule has 0 aliphatic carbocycles. The first-order valence-electron chi connectivity index (χ1n) is 8.32. The summed E-state index contributed by atoms with van der Waals surface area (Å²) in [5.74, 6) is 1.39. The minimum Gasteiger partial charge on any atom is -0.478 e. The summed E-state index contributed by atoms with van der Waals surface area (Å²) in [5.41, 5.74) is 0. The lowest BCUT2D eigenvalue weighted by atomic mass is 10.3. The third-order valence-corrected chi connectivity index (χ3v) is 3.52. The first-order valence-corrected chi connectivity index (χ1v) is 8.32. The van der Waals surface area contributed by atoms with Gasteiger partial charge in [0.25, 0.3) is 5.91 Å². The number of para-hydroxylation sites is 1. The fourth-order valence-electron chi connectivity index (χ4n) is 2.18. The van der Waals surface area contributed by atoms with Crippen LogP contribution in [0, 0.1) is 12.7 Å². The first kappa shape index (κ1) is 19.4. The molecule has 0 radical (unpaired) electrons. The van der Waals surface area contributed by atoms with Crippen LogP contribution in [0.5, 0.6) is 5.75 Å². The molecule has 0 saturated carbocycles. The zero-order chi connectivity index (χ0) is 19.1. The van der Waals surface area contributed by atoms with Crippen molar-refractivity contribution in [1.82, 2.24) is 15.3 Å². The van der Waals surface area contributed by atoms with Gasteiger partial charge in [0, 0.05) is 33.3 Å². The maximum atomic E-state index is 13.5. The lowest BCUT2D eigenvalue weighted by Crippen LogP contribution is -2.38. The monoisotopic (exact) mass is 361 g/mol. The minimum atomic E-state index is -0.798. The summed E-state index contributed by atoms with van der Waals surface area (Å²) in [5, 5.41) is 5.88. The minimum absolute atomic E-state index is 0.0564. The Kier molecular flexibility index (Phi) is 6.71. The van der Waals surface area contributed by atoms with Gasteiger partial charge in [0.2, 0.25) is 0 Å². The number of carbonyl (C=O) groups is 1. The van der Waals surface area contributed by atoms with Gasteiger partial charge in [-0.1, -0.05) is 12.1 Å². The van der Waals surface area contributed by atoms with Crippen molar-refractivity contribution in [3.63, 3.8) is 0 Å². The predicted molar refractivity (Wildman–Crippen MR) is 99.1 cm³/mol. The maximum Gasteiger partial charge on any atom is 0.260 e. The number of anilines is 2. The average molecular weight is 361 g/mol. The molecule has 140 valence electrons. The molecule has 1 atom stereocenters. The van der Waals surface area contributed by atoms with Crippen LogP contribution in [0.15, 0.2) is 30.3 Å². The van der Waals surface area contributed by atoms with Gasteiger partial charge in [-0.3, -0.25) is 4.79 Å². The standard InChI is InChI=1S/C18H24FN5O2/c1-12(26-15-8-6-5-7-14(15)19)18(25)21-10-9-20-16-11-17(24(3)4)23-13(2)22-16/h5-8,11-12H,9-10H2,1-4H3,(H,21,25)(H,20,22,23). The summed E-state index contributed by atoms with van der Waals surface area (Å²) in [6, 6.07) is 7.82. The van der Waals surface area contributed by atoms with Crippen LogP contribution >= 0.6 is 0 Å². The van der Waals surface area contributed by atoms with Gasteiger partial charge in [0.05, 0.1) is 0 Å². The van der Waals surface area contributed by atoms with Crippen molar-refractivity contribution in [2.45, 2.75) is 20.0 Å². The first-order chi connectivity index (χ1) is 12.4. The third-order valence-electron chi connectivity index (χ3n) is 3.52. The number of amides is 1. The number of rotatable bonds is 8. The summed E-state index contributed by atoms with van der Waals surface area (Å²) in [4.78, 5) is 22.6. The van der Waals surface area contributed by atoms with E-state index < -0.39 is 11.9 Å². The molecule has 2 N–H and O–H groups in total. The van der Waals surface area contributed by atoms with E-state index in [2.05, 4.69) is 20.6 Å². The quantitative estimate of drug-likeness (QED) is 0.700. The van der Waals surface area contributed by atoms with Crippen molar-refractivity contribution in [2.24, 2.45) is 0 Å². The summed E-state index contributed by atoms with van der Waals surface area (Å²) in [7, 11) is 3.81. The van der Waals surface area contributed by atoms with E-state index in [4.69, 9.17) is 4.74 Å². The van der Waals surface area contributed by atoms with Crippen LogP contribution in [0.4, 0.5) is 16.0 Å². The number of benzene rings is 1. The van der Waals surface area contributed by atoms with Crippen molar-refractivity contribution in [3.8, 4) is 5.75 Å². The topological polar surface area (TPSA) is 79.4 Å². The maximum absolute atomic E-state index is 13.5. The molecule has 0 saturated heterocycles. The molecule has 1 aromatic carbocycles. The van der Waals surface area contributed by atoms with E-state index in [1.807, 2.05) is 32.0 Å². The normalized spacial score (nSPS) is 11.6. The molecule has 1 heterocycles. The Morgan fingerprint density at radius 3 is 2.69 bits per heavy atom. The van der Waals surface area contributed by atoms with Crippen LogP contribution in [-0.2, 0) is 4.79 Å². The van der Waals surface area contributed by atoms with Crippen molar-refractivity contribution in [3.05, 3.63) is 42.0 Å². The molecular formula is C18H24FN5O2. The highest BCUT2D eigenvalue weighted by Gasteiger charge is 2.15. The van der Waals surface area contributed by atoms with Crippen LogP contribution < -0.4 is 20.3 Å². The van der Waals surface area contributed by atoms with E-state index in [0.29, 0.717) is 24.7 Å². The van der Waals surface area contributed by atoms with Gasteiger partial charge in [0.15, 0.2) is 17.7 Å². The number of halogens is 1. The molecule has 8 heteroatoms. The molecule has 26 heavy (non-hydrogen) atoms. The summed E-state index contributed by atoms with van der Waals surface area (Å²) < 4.78 is 18.9. The zero-order valence-corrected chi connectivity index (χ0v) is 15.4. The fourth-order valence-corrected chi connectivity index (χ4v) is 2.18. The number of aromatic nitrogens is 2. The van der Waals surface area contributed by atoms with Crippen molar-refractivity contribution < 1.29 is 13.9 Å². The van der Waals surface area contributed by atoms with Crippen molar-refractivity contribution in [2.75, 3.05) is 37.4 Å². The van der Waals surface area contributed by atoms with Gasteiger partial charge in [-0.15, -0.1) is 0 Å². The van der Waals surface area contributed by atoms with E-state index in [0.717, 1.165) is 5.82 Å². The second kappa shape index (κ2) is 8.98. The van der Waals surface area contributed by atoms with Crippen LogP contribution in [0.1, 0.15) is 12.7 Å². The smallest absolute Gasteiger partial charge is 0.260 e. The van der Waals surface area contributed by atoms with E-state index >= 15 is 0 Å². The molecule has 2 rings (SSSR count). The van der Waals surface area contributed by atoms with Gasteiger partial charge in [0.1, 0.15) is 17.5 Å². The zero-order valence-electron chi connectivity index (χ0n) is 15.4. The Balaban J connectivity index is 1.79. The molecule has 2 aromatic rings. The molecule has 7 nitrogen and oxygen atoms in total. The van der Waals surface area contributed by atoms with E-state index in [1.54, 1.807) is 19.1 Å². The highest BCUT2D eigenvalue weighted by molar-refractivity contribution is 5.80. The second-order valence-corrected chi connectivity index (χ2v) is 5.96. The van der Waals surface area contributed by atoms with Crippen LogP contribution in [-0.4, -0.2) is 49.2 Å². The number of aryl methyl sites for hydroxylation is 1. The fraction of sp³-hybridized carbons (Fsp3) is 0.389. The molecular weight excluding hydrogens is 337 g/mol. The SMILES string of the molecule is Cc1nc(NCCNC(=O)C(C)Oc2ccccc2F)cc(N(C)C)n1. The summed E-state index contributed by atoms with van der Waals surface area (Å²) in [6.07, 6.45) is -0.798. The van der Waals surface area contributed by atoms with Gasteiger partial charge in [-0.2, -0.15) is 0 Å². The second-order valence-electron chi connectivity index (χ2n) is 5.96. The van der Waals surface area contributed by atoms with Gasteiger partial charge in [-0.05, 0) is 26.0 Å². The Morgan fingerprint density at radius 2 is 2.00 bits per heavy atom. The number of nitrogens with one attached hydrogen (secondary N) is 2. The Morgan fingerprint density at radius 1 is 1.27 bits per heavy atom. The summed E-state index contributed by atoms with van der Waals surface area (Å²) >= 11 is 0. The molecule has 0 bridgehead atoms. The molecule has 1 aromatic heterocycles. The van der Waals surface area contributed by atoms with Gasteiger partial charge >= 0.3 is 0 Å². The molecule has 0 fully saturated rings. The number of carbonyl (C=O) groups excluding carboxylic acids is 1. The Labute approximate surface area is 152 Å². The van der Waals surface area contributed by atoms with Crippen molar-refractivity contribution in [1.29, 1.82) is 0 Å². The van der Waals surface area contributed by atoms with E-state index in [-0.39, 0.29) is 11.7 Å². The number of ether oxygens (including phenoxy) is 1. The third kappa shape index (κ3) is 5.58. The average Bonchev–Trinajstić information content (AvgIpc) is 2.60. The van der Waals surface area contributed by atoms with Crippen LogP contribution in [0.25, 0.3) is 0 Å². The van der Waals surface area contributed by atoms with E-state index in [1.165, 1.54) is 12.1 Å². The predicted octanol–water partition coefficient (Wildman–Crippen LogP) is 1.99. The molecule has 1 unspecified atom stereocenters. The number of nitrogens with zero attached hydrogens (tertiary/aromatic N) is 3. The van der Waals surface area contributed by atoms with Crippen LogP contribution in [0.2, 0.25) is 0 Å². The molecule has 1 amide bonds. The Bertz CT molecular complexity index is 754. The highest BCUT2D eigenvalue weighted by Crippen LogP contribution is 2.17. The number of hydrogen-bond donors (Lipinski definition) is 2. The van der Waals surface area contributed by atoms with E-state index in [9.17, 15) is 9.18 Å². The molecule has 0 aliphatic rings. The molecule has 0 aliphatic heterocycles. The Hall–Kier alpha value is -2.90. The number of hydrogen-bond acceptors (Lipinski definition) is 6. The van der Waals surface area contributed by atoms with Crippen molar-refractivity contribution >= 4 is 17.5 Å². The highest BCUT2D eigenvalue weighted by atomic mass is 19.1.